The molecule has 0 saturated heterocycles. The lowest BCUT2D eigenvalue weighted by atomic mass is 9.85. The molecule has 1 atom stereocenters. The van der Waals surface area contributed by atoms with E-state index in [0.29, 0.717) is 16.1 Å². The van der Waals surface area contributed by atoms with Gasteiger partial charge in [-0.1, -0.05) is 45.7 Å². The SMILES string of the molecule is CC(N)(c1ccc(C(F)(F)F)cc1)c1ccc(Br)cc1Cl. The van der Waals surface area contributed by atoms with Crippen molar-refractivity contribution in [3.05, 3.63) is 68.7 Å². The van der Waals surface area contributed by atoms with Gasteiger partial charge in [-0.25, -0.2) is 0 Å². The topological polar surface area (TPSA) is 26.0 Å². The molecule has 2 aromatic rings. The summed E-state index contributed by atoms with van der Waals surface area (Å²) in [5, 5.41) is 0.453. The van der Waals surface area contributed by atoms with Crippen LogP contribution in [0.1, 0.15) is 23.6 Å². The number of halogens is 5. The Bertz CT molecular complexity index is 651. The van der Waals surface area contributed by atoms with Gasteiger partial charge < -0.3 is 5.73 Å². The Kier molecular flexibility index (Phi) is 4.38. The summed E-state index contributed by atoms with van der Waals surface area (Å²) in [6.45, 7) is 1.71. The van der Waals surface area contributed by atoms with Crippen molar-refractivity contribution >= 4 is 27.5 Å². The Morgan fingerprint density at radius 1 is 1.00 bits per heavy atom. The molecule has 0 aliphatic carbocycles. The lowest BCUT2D eigenvalue weighted by Crippen LogP contribution is -2.34. The van der Waals surface area contributed by atoms with Crippen LogP contribution in [0.4, 0.5) is 13.2 Å². The second kappa shape index (κ2) is 5.63. The first kappa shape index (κ1) is 16.3. The fourth-order valence-corrected chi connectivity index (χ4v) is 2.94. The first-order valence-electron chi connectivity index (χ1n) is 6.04. The molecule has 0 aliphatic rings. The molecule has 0 aromatic heterocycles. The molecule has 6 heteroatoms. The molecule has 0 spiro atoms. The van der Waals surface area contributed by atoms with Crippen molar-refractivity contribution in [1.29, 1.82) is 0 Å². The summed E-state index contributed by atoms with van der Waals surface area (Å²) < 4.78 is 38.6. The Morgan fingerprint density at radius 3 is 2.00 bits per heavy atom. The monoisotopic (exact) mass is 377 g/mol. The highest BCUT2D eigenvalue weighted by Gasteiger charge is 2.32. The van der Waals surface area contributed by atoms with Gasteiger partial charge in [0.25, 0.3) is 0 Å². The van der Waals surface area contributed by atoms with Gasteiger partial charge in [0.2, 0.25) is 0 Å². The molecule has 0 saturated carbocycles. The maximum absolute atomic E-state index is 12.6. The van der Waals surface area contributed by atoms with Crippen molar-refractivity contribution in [2.75, 3.05) is 0 Å². The zero-order valence-corrected chi connectivity index (χ0v) is 13.4. The largest absolute Gasteiger partial charge is 0.416 e. The number of nitrogens with two attached hydrogens (primary N) is 1. The minimum Gasteiger partial charge on any atom is -0.318 e. The van der Waals surface area contributed by atoms with Gasteiger partial charge in [0.1, 0.15) is 0 Å². The highest BCUT2D eigenvalue weighted by atomic mass is 79.9. The molecule has 1 unspecified atom stereocenters. The van der Waals surface area contributed by atoms with Crippen molar-refractivity contribution < 1.29 is 13.2 Å². The van der Waals surface area contributed by atoms with Crippen LogP contribution in [0, 0.1) is 0 Å². The van der Waals surface area contributed by atoms with Crippen molar-refractivity contribution in [1.82, 2.24) is 0 Å². The van der Waals surface area contributed by atoms with Crippen LogP contribution in [-0.2, 0) is 11.7 Å². The molecule has 112 valence electrons. The van der Waals surface area contributed by atoms with Crippen LogP contribution < -0.4 is 5.73 Å². The summed E-state index contributed by atoms with van der Waals surface area (Å²) in [6, 6.07) is 10.0. The third-order valence-corrected chi connectivity index (χ3v) is 4.11. The van der Waals surface area contributed by atoms with E-state index >= 15 is 0 Å². The van der Waals surface area contributed by atoms with Crippen LogP contribution in [0.5, 0.6) is 0 Å². The fraction of sp³-hybridized carbons (Fsp3) is 0.200. The minimum absolute atomic E-state index is 0.453. The van der Waals surface area contributed by atoms with E-state index in [4.69, 9.17) is 17.3 Å². The molecule has 2 aromatic carbocycles. The number of alkyl halides is 3. The summed E-state index contributed by atoms with van der Waals surface area (Å²) in [4.78, 5) is 0. The molecule has 2 rings (SSSR count). The summed E-state index contributed by atoms with van der Waals surface area (Å²) >= 11 is 9.48. The Morgan fingerprint density at radius 2 is 1.52 bits per heavy atom. The molecule has 0 aliphatic heterocycles. The maximum atomic E-state index is 12.6. The number of hydrogen-bond acceptors (Lipinski definition) is 1. The van der Waals surface area contributed by atoms with E-state index in [0.717, 1.165) is 16.6 Å². The molecule has 0 amide bonds. The second-order valence-electron chi connectivity index (χ2n) is 4.90. The Hall–Kier alpha value is -1.04. The van der Waals surface area contributed by atoms with Gasteiger partial charge in [-0.05, 0) is 42.3 Å². The van der Waals surface area contributed by atoms with Crippen molar-refractivity contribution in [3.63, 3.8) is 0 Å². The average Bonchev–Trinajstić information content (AvgIpc) is 2.37. The predicted molar refractivity (Wildman–Crippen MR) is 81.2 cm³/mol. The summed E-state index contributed by atoms with van der Waals surface area (Å²) in [6.07, 6.45) is -4.36. The summed E-state index contributed by atoms with van der Waals surface area (Å²) in [5.74, 6) is 0. The third-order valence-electron chi connectivity index (χ3n) is 3.30. The Labute approximate surface area is 134 Å². The average molecular weight is 379 g/mol. The number of benzene rings is 2. The zero-order valence-electron chi connectivity index (χ0n) is 11.0. The normalized spacial score (nSPS) is 14.8. The highest BCUT2D eigenvalue weighted by Crippen LogP contribution is 2.35. The van der Waals surface area contributed by atoms with Crippen LogP contribution >= 0.6 is 27.5 Å². The van der Waals surface area contributed by atoms with E-state index < -0.39 is 17.3 Å². The third kappa shape index (κ3) is 3.42. The van der Waals surface area contributed by atoms with Gasteiger partial charge in [-0.2, -0.15) is 13.2 Å². The molecular weight excluding hydrogens is 367 g/mol. The molecule has 2 N–H and O–H groups in total. The first-order chi connectivity index (χ1) is 9.62. The smallest absolute Gasteiger partial charge is 0.318 e. The van der Waals surface area contributed by atoms with Crippen LogP contribution in [0.3, 0.4) is 0 Å². The molecule has 0 fully saturated rings. The van der Waals surface area contributed by atoms with E-state index in [2.05, 4.69) is 15.9 Å². The lowest BCUT2D eigenvalue weighted by molar-refractivity contribution is -0.137. The van der Waals surface area contributed by atoms with Gasteiger partial charge in [0.05, 0.1) is 11.1 Å². The van der Waals surface area contributed by atoms with Crippen LogP contribution in [0.25, 0.3) is 0 Å². The fourth-order valence-electron chi connectivity index (χ4n) is 2.07. The standard InChI is InChI=1S/C15H12BrClF3N/c1-14(21,12-7-6-11(16)8-13(12)17)9-2-4-10(5-3-9)15(18,19)20/h2-8H,21H2,1H3. The van der Waals surface area contributed by atoms with E-state index in [9.17, 15) is 13.2 Å². The van der Waals surface area contributed by atoms with Crippen LogP contribution in [0.2, 0.25) is 5.02 Å². The number of rotatable bonds is 2. The van der Waals surface area contributed by atoms with E-state index in [-0.39, 0.29) is 0 Å². The minimum atomic E-state index is -4.36. The van der Waals surface area contributed by atoms with E-state index in [1.165, 1.54) is 12.1 Å². The highest BCUT2D eigenvalue weighted by molar-refractivity contribution is 9.10. The van der Waals surface area contributed by atoms with Gasteiger partial charge in [0.15, 0.2) is 0 Å². The molecule has 0 radical (unpaired) electrons. The second-order valence-corrected chi connectivity index (χ2v) is 6.22. The molecule has 1 nitrogen and oxygen atoms in total. The summed E-state index contributed by atoms with van der Waals surface area (Å²) in [5.41, 5.74) is 5.80. The molecule has 0 heterocycles. The van der Waals surface area contributed by atoms with Crippen molar-refractivity contribution in [2.45, 2.75) is 18.6 Å². The quantitative estimate of drug-likeness (QED) is 0.749. The van der Waals surface area contributed by atoms with Gasteiger partial charge in [-0.15, -0.1) is 0 Å². The molecule has 0 bridgehead atoms. The predicted octanol–water partition coefficient (Wildman–Crippen LogP) is 5.34. The molecular formula is C15H12BrClF3N. The maximum Gasteiger partial charge on any atom is 0.416 e. The van der Waals surface area contributed by atoms with Crippen LogP contribution in [0.15, 0.2) is 46.9 Å². The van der Waals surface area contributed by atoms with Crippen molar-refractivity contribution in [2.24, 2.45) is 5.73 Å². The van der Waals surface area contributed by atoms with Crippen molar-refractivity contribution in [3.8, 4) is 0 Å². The number of hydrogen-bond donors (Lipinski definition) is 1. The summed E-state index contributed by atoms with van der Waals surface area (Å²) in [7, 11) is 0. The van der Waals surface area contributed by atoms with E-state index in [1.807, 2.05) is 0 Å². The van der Waals surface area contributed by atoms with Gasteiger partial charge in [-0.3, -0.25) is 0 Å². The Balaban J connectivity index is 2.44. The van der Waals surface area contributed by atoms with Gasteiger partial charge >= 0.3 is 6.18 Å². The molecule has 21 heavy (non-hydrogen) atoms. The van der Waals surface area contributed by atoms with Gasteiger partial charge in [0, 0.05) is 9.50 Å². The van der Waals surface area contributed by atoms with E-state index in [1.54, 1.807) is 25.1 Å². The zero-order chi connectivity index (χ0) is 15.8. The lowest BCUT2D eigenvalue weighted by Gasteiger charge is -2.27. The van der Waals surface area contributed by atoms with Crippen LogP contribution in [-0.4, -0.2) is 0 Å². The first-order valence-corrected chi connectivity index (χ1v) is 7.21.